The molecule has 1 aliphatic rings. The Balaban J connectivity index is 2.50. The molecule has 118 valence electrons. The van der Waals surface area contributed by atoms with Gasteiger partial charge in [0.2, 0.25) is 0 Å². The van der Waals surface area contributed by atoms with Gasteiger partial charge in [0.25, 0.3) is 0 Å². The molecule has 13 heteroatoms. The van der Waals surface area contributed by atoms with Gasteiger partial charge in [-0.1, -0.05) is 11.6 Å². The predicted molar refractivity (Wildman–Crippen MR) is 66.3 cm³/mol. The molecular formula is C7H15O10P3. The molecule has 3 atom stereocenters. The molecule has 0 aliphatic heterocycles. The minimum absolute atomic E-state index is 0.0696. The third-order valence-electron chi connectivity index (χ3n) is 2.30. The van der Waals surface area contributed by atoms with Crippen LogP contribution in [0.5, 0.6) is 0 Å². The van der Waals surface area contributed by atoms with E-state index in [1.165, 1.54) is 0 Å². The number of hydrogen-bond acceptors (Lipinski definition) is 6. The lowest BCUT2D eigenvalue weighted by molar-refractivity contribution is 0.155. The van der Waals surface area contributed by atoms with Crippen molar-refractivity contribution in [1.29, 1.82) is 0 Å². The number of phosphoric ester groups is 1. The highest BCUT2D eigenvalue weighted by atomic mass is 31.3. The van der Waals surface area contributed by atoms with Gasteiger partial charge in [0.05, 0.1) is 6.61 Å². The number of hydrogen-bond donors (Lipinski definition) is 4. The second kappa shape index (κ2) is 6.50. The molecule has 0 aromatic heterocycles. The third kappa shape index (κ3) is 7.24. The average molecular weight is 352 g/mol. The van der Waals surface area contributed by atoms with E-state index < -0.39 is 23.5 Å². The molecular weight excluding hydrogens is 337 g/mol. The smallest absolute Gasteiger partial charge is 0.302 e. The summed E-state index contributed by atoms with van der Waals surface area (Å²) in [6, 6.07) is 0. The van der Waals surface area contributed by atoms with E-state index in [2.05, 4.69) is 13.1 Å². The summed E-state index contributed by atoms with van der Waals surface area (Å²) in [5.74, 6) is -0.0696. The molecule has 0 saturated carbocycles. The second-order valence-corrected chi connectivity index (χ2v) is 8.66. The van der Waals surface area contributed by atoms with Crippen molar-refractivity contribution in [2.45, 2.75) is 19.8 Å². The minimum Gasteiger partial charge on any atom is -0.302 e. The summed E-state index contributed by atoms with van der Waals surface area (Å²) in [5.41, 5.74) is 1.09. The van der Waals surface area contributed by atoms with Crippen molar-refractivity contribution in [2.24, 2.45) is 5.92 Å². The SMILES string of the molecule is CC1=CC[C@@H](COP(=O)(O)OP(=O)(O)OP(=O)(O)O)C1. The van der Waals surface area contributed by atoms with Gasteiger partial charge >= 0.3 is 23.5 Å². The van der Waals surface area contributed by atoms with Crippen LogP contribution in [0.1, 0.15) is 19.8 Å². The Bertz CT molecular complexity index is 521. The highest BCUT2D eigenvalue weighted by molar-refractivity contribution is 7.66. The van der Waals surface area contributed by atoms with Crippen molar-refractivity contribution in [2.75, 3.05) is 6.61 Å². The van der Waals surface area contributed by atoms with Crippen molar-refractivity contribution < 1.29 is 46.4 Å². The lowest BCUT2D eigenvalue weighted by Crippen LogP contribution is -2.06. The molecule has 0 bridgehead atoms. The summed E-state index contributed by atoms with van der Waals surface area (Å²) >= 11 is 0. The summed E-state index contributed by atoms with van der Waals surface area (Å²) in [4.78, 5) is 34.8. The fraction of sp³-hybridized carbons (Fsp3) is 0.714. The van der Waals surface area contributed by atoms with Crippen molar-refractivity contribution in [3.05, 3.63) is 11.6 Å². The monoisotopic (exact) mass is 352 g/mol. The van der Waals surface area contributed by atoms with Crippen LogP contribution in [0.15, 0.2) is 11.6 Å². The zero-order valence-electron chi connectivity index (χ0n) is 10.4. The first-order valence-corrected chi connectivity index (χ1v) is 9.85. The first-order chi connectivity index (χ1) is 8.89. The van der Waals surface area contributed by atoms with Gasteiger partial charge in [-0.2, -0.15) is 8.62 Å². The molecule has 4 N–H and O–H groups in total. The Morgan fingerprint density at radius 2 is 1.75 bits per heavy atom. The first kappa shape index (κ1) is 18.2. The van der Waals surface area contributed by atoms with E-state index >= 15 is 0 Å². The topological polar surface area (TPSA) is 160 Å². The first-order valence-electron chi connectivity index (χ1n) is 5.32. The Morgan fingerprint density at radius 1 is 1.15 bits per heavy atom. The molecule has 1 rings (SSSR count). The average Bonchev–Trinajstić information content (AvgIpc) is 2.55. The summed E-state index contributed by atoms with van der Waals surface area (Å²) in [5, 5.41) is 0. The van der Waals surface area contributed by atoms with Gasteiger partial charge in [0, 0.05) is 0 Å². The highest BCUT2D eigenvalue weighted by Crippen LogP contribution is 2.66. The van der Waals surface area contributed by atoms with Gasteiger partial charge in [0.1, 0.15) is 0 Å². The minimum atomic E-state index is -5.42. The van der Waals surface area contributed by atoms with Crippen LogP contribution in [0.2, 0.25) is 0 Å². The zero-order valence-corrected chi connectivity index (χ0v) is 13.0. The van der Waals surface area contributed by atoms with Gasteiger partial charge in [-0.3, -0.25) is 4.52 Å². The molecule has 0 spiro atoms. The van der Waals surface area contributed by atoms with E-state index in [1.54, 1.807) is 0 Å². The summed E-state index contributed by atoms with van der Waals surface area (Å²) < 4.78 is 44.5. The molecule has 2 unspecified atom stereocenters. The number of allylic oxidation sites excluding steroid dienone is 2. The lowest BCUT2D eigenvalue weighted by Gasteiger charge is -2.17. The van der Waals surface area contributed by atoms with Crippen molar-refractivity contribution in [1.82, 2.24) is 0 Å². The van der Waals surface area contributed by atoms with Gasteiger partial charge < -0.3 is 19.6 Å². The Labute approximate surface area is 114 Å². The molecule has 0 amide bonds. The number of phosphoric acid groups is 3. The summed E-state index contributed by atoms with van der Waals surface area (Å²) in [6.45, 7) is 1.67. The lowest BCUT2D eigenvalue weighted by atomic mass is 10.1. The predicted octanol–water partition coefficient (Wildman–Crippen LogP) is 1.69. The molecule has 0 saturated heterocycles. The second-order valence-electron chi connectivity index (χ2n) is 4.24. The van der Waals surface area contributed by atoms with Gasteiger partial charge in [-0.25, -0.2) is 13.7 Å². The Morgan fingerprint density at radius 3 is 2.20 bits per heavy atom. The Hall–Kier alpha value is 0.150. The van der Waals surface area contributed by atoms with E-state index in [1.807, 2.05) is 13.0 Å². The molecule has 10 nitrogen and oxygen atoms in total. The van der Waals surface area contributed by atoms with Crippen LogP contribution in [0.4, 0.5) is 0 Å². The quantitative estimate of drug-likeness (QED) is 0.392. The maximum Gasteiger partial charge on any atom is 0.490 e. The van der Waals surface area contributed by atoms with Crippen LogP contribution in [0.3, 0.4) is 0 Å². The normalized spacial score (nSPS) is 25.9. The van der Waals surface area contributed by atoms with Crippen LogP contribution in [-0.4, -0.2) is 26.2 Å². The maximum absolute atomic E-state index is 11.4. The standard InChI is InChI=1S/C7H15O10P3/c1-6-2-3-7(4-6)5-15-19(11,12)17-20(13,14)16-18(8,9)10/h2,7H,3-5H2,1H3,(H,11,12)(H,13,14)(H2,8,9,10)/t7-/m1/s1. The van der Waals surface area contributed by atoms with Crippen LogP contribution in [-0.2, 0) is 26.8 Å². The van der Waals surface area contributed by atoms with E-state index in [4.69, 9.17) is 14.7 Å². The van der Waals surface area contributed by atoms with Crippen LogP contribution < -0.4 is 0 Å². The van der Waals surface area contributed by atoms with Gasteiger partial charge in [0.15, 0.2) is 0 Å². The molecule has 0 heterocycles. The molecule has 0 aromatic rings. The highest BCUT2D eigenvalue weighted by Gasteiger charge is 2.40. The molecule has 1 aliphatic carbocycles. The van der Waals surface area contributed by atoms with Crippen molar-refractivity contribution >= 4 is 23.5 Å². The number of rotatable bonds is 7. The van der Waals surface area contributed by atoms with Crippen LogP contribution in [0, 0.1) is 5.92 Å². The zero-order chi connectivity index (χ0) is 15.6. The van der Waals surface area contributed by atoms with Crippen molar-refractivity contribution in [3.63, 3.8) is 0 Å². The largest absolute Gasteiger partial charge is 0.490 e. The maximum atomic E-state index is 11.4. The van der Waals surface area contributed by atoms with Gasteiger partial charge in [-0.05, 0) is 25.7 Å². The van der Waals surface area contributed by atoms with Gasteiger partial charge in [-0.15, -0.1) is 0 Å². The molecule has 20 heavy (non-hydrogen) atoms. The third-order valence-corrected chi connectivity index (χ3v) is 6.10. The summed E-state index contributed by atoms with van der Waals surface area (Å²) in [7, 11) is -15.8. The summed E-state index contributed by atoms with van der Waals surface area (Å²) in [6.07, 6.45) is 3.20. The van der Waals surface area contributed by atoms with E-state index in [0.29, 0.717) is 12.8 Å². The molecule has 0 aromatic carbocycles. The molecule has 0 fully saturated rings. The van der Waals surface area contributed by atoms with E-state index in [9.17, 15) is 18.6 Å². The fourth-order valence-corrected chi connectivity index (χ4v) is 4.71. The molecule has 0 radical (unpaired) electrons. The van der Waals surface area contributed by atoms with Crippen LogP contribution >= 0.6 is 23.5 Å². The van der Waals surface area contributed by atoms with E-state index in [-0.39, 0.29) is 12.5 Å². The Kier molecular flexibility index (Phi) is 5.92. The van der Waals surface area contributed by atoms with E-state index in [0.717, 1.165) is 5.57 Å². The van der Waals surface area contributed by atoms with Crippen molar-refractivity contribution in [3.8, 4) is 0 Å². The fourth-order valence-electron chi connectivity index (χ4n) is 1.62. The van der Waals surface area contributed by atoms with Crippen LogP contribution in [0.25, 0.3) is 0 Å².